The molecule has 1 aromatic heterocycles. The summed E-state index contributed by atoms with van der Waals surface area (Å²) in [7, 11) is -4.17. The third kappa shape index (κ3) is 3.08. The van der Waals surface area contributed by atoms with Crippen LogP contribution in [0.25, 0.3) is 0 Å². The van der Waals surface area contributed by atoms with Gasteiger partial charge in [0.1, 0.15) is 5.69 Å². The van der Waals surface area contributed by atoms with Crippen LogP contribution in [0.3, 0.4) is 0 Å². The van der Waals surface area contributed by atoms with E-state index in [0.29, 0.717) is 29.0 Å². The van der Waals surface area contributed by atoms with Gasteiger partial charge >= 0.3 is 16.2 Å². The SMILES string of the molecule is CC(=O)N1CCCC(c2ccn(S(N)(=O)=O)c2C(=O)O)C1. The molecule has 0 aliphatic carbocycles. The fourth-order valence-corrected chi connectivity index (χ4v) is 3.37. The van der Waals surface area contributed by atoms with Gasteiger partial charge in [0.05, 0.1) is 0 Å². The Hall–Kier alpha value is -1.87. The molecule has 0 saturated carbocycles. The van der Waals surface area contributed by atoms with E-state index in [1.807, 2.05) is 0 Å². The van der Waals surface area contributed by atoms with E-state index in [-0.39, 0.29) is 17.5 Å². The maximum atomic E-state index is 11.4. The molecule has 9 heteroatoms. The van der Waals surface area contributed by atoms with E-state index in [1.54, 1.807) is 4.90 Å². The largest absolute Gasteiger partial charge is 0.477 e. The molecule has 1 amide bonds. The van der Waals surface area contributed by atoms with E-state index in [9.17, 15) is 23.1 Å². The fourth-order valence-electron chi connectivity index (χ4n) is 2.70. The van der Waals surface area contributed by atoms with Crippen LogP contribution in [0.1, 0.15) is 41.7 Å². The maximum Gasteiger partial charge on any atom is 0.353 e. The van der Waals surface area contributed by atoms with Crippen LogP contribution < -0.4 is 5.14 Å². The lowest BCUT2D eigenvalue weighted by Gasteiger charge is -2.32. The minimum atomic E-state index is -4.17. The molecular formula is C12H17N3O5S. The predicted octanol–water partition coefficient (Wildman–Crippen LogP) is -0.0362. The van der Waals surface area contributed by atoms with Gasteiger partial charge in [0.2, 0.25) is 5.91 Å². The minimum absolute atomic E-state index is 0.0811. The number of carboxylic acids is 1. The number of aromatic nitrogens is 1. The molecular weight excluding hydrogens is 298 g/mol. The molecule has 1 saturated heterocycles. The van der Waals surface area contributed by atoms with Crippen molar-refractivity contribution in [2.45, 2.75) is 25.7 Å². The number of hydrogen-bond donors (Lipinski definition) is 2. The predicted molar refractivity (Wildman–Crippen MR) is 74.1 cm³/mol. The van der Waals surface area contributed by atoms with Gasteiger partial charge in [-0.05, 0) is 24.5 Å². The van der Waals surface area contributed by atoms with Crippen LogP contribution in [0.5, 0.6) is 0 Å². The summed E-state index contributed by atoms with van der Waals surface area (Å²) < 4.78 is 23.4. The Labute approximate surface area is 122 Å². The van der Waals surface area contributed by atoms with Gasteiger partial charge < -0.3 is 10.0 Å². The number of hydrogen-bond acceptors (Lipinski definition) is 4. The van der Waals surface area contributed by atoms with E-state index in [1.165, 1.54) is 13.0 Å². The molecule has 0 aromatic carbocycles. The Morgan fingerprint density at radius 2 is 2.10 bits per heavy atom. The standard InChI is InChI=1S/C12H17N3O5S/c1-8(16)14-5-2-3-9(7-14)10-4-6-15(21(13,19)20)11(10)12(17)18/h4,6,9H,2-3,5,7H2,1H3,(H,17,18)(H2,13,19,20). The third-order valence-electron chi connectivity index (χ3n) is 3.67. The summed E-state index contributed by atoms with van der Waals surface area (Å²) in [6, 6.07) is 1.45. The van der Waals surface area contributed by atoms with Crippen molar-refractivity contribution in [1.82, 2.24) is 8.87 Å². The molecule has 1 fully saturated rings. The number of carboxylic acid groups (broad SMARTS) is 1. The van der Waals surface area contributed by atoms with Crippen molar-refractivity contribution in [1.29, 1.82) is 0 Å². The molecule has 1 aromatic rings. The summed E-state index contributed by atoms with van der Waals surface area (Å²) in [5.74, 6) is -1.65. The first-order valence-corrected chi connectivity index (χ1v) is 7.95. The zero-order valence-corrected chi connectivity index (χ0v) is 12.3. The molecule has 0 radical (unpaired) electrons. The molecule has 1 atom stereocenters. The number of aromatic carboxylic acids is 1. The first kappa shape index (κ1) is 15.5. The van der Waals surface area contributed by atoms with Crippen LogP contribution in [0.15, 0.2) is 12.3 Å². The summed E-state index contributed by atoms with van der Waals surface area (Å²) in [4.78, 5) is 24.5. The molecule has 2 rings (SSSR count). The lowest BCUT2D eigenvalue weighted by molar-refractivity contribution is -0.130. The number of nitrogens with zero attached hydrogens (tertiary/aromatic N) is 2. The molecule has 116 valence electrons. The summed E-state index contributed by atoms with van der Waals surface area (Å²) in [5, 5.41) is 14.3. The molecule has 1 unspecified atom stereocenters. The Bertz CT molecular complexity index is 679. The molecule has 21 heavy (non-hydrogen) atoms. The van der Waals surface area contributed by atoms with Crippen molar-refractivity contribution in [3.05, 3.63) is 23.5 Å². The zero-order chi connectivity index (χ0) is 15.8. The van der Waals surface area contributed by atoms with Crippen molar-refractivity contribution in [3.8, 4) is 0 Å². The van der Waals surface area contributed by atoms with Crippen LogP contribution in [-0.2, 0) is 15.0 Å². The number of amides is 1. The molecule has 0 spiro atoms. The molecule has 2 heterocycles. The van der Waals surface area contributed by atoms with Gasteiger partial charge in [0, 0.05) is 32.1 Å². The van der Waals surface area contributed by atoms with Crippen molar-refractivity contribution < 1.29 is 23.1 Å². The Morgan fingerprint density at radius 3 is 2.62 bits per heavy atom. The number of carbonyl (C=O) groups excluding carboxylic acids is 1. The number of nitrogens with two attached hydrogens (primary N) is 1. The molecule has 1 aliphatic rings. The second kappa shape index (κ2) is 5.49. The van der Waals surface area contributed by atoms with Crippen LogP contribution >= 0.6 is 0 Å². The van der Waals surface area contributed by atoms with Crippen molar-refractivity contribution >= 4 is 22.1 Å². The van der Waals surface area contributed by atoms with Crippen molar-refractivity contribution in [2.75, 3.05) is 13.1 Å². The van der Waals surface area contributed by atoms with Gasteiger partial charge in [-0.2, -0.15) is 8.42 Å². The normalized spacial score (nSPS) is 19.5. The monoisotopic (exact) mass is 315 g/mol. The number of carbonyl (C=O) groups is 2. The molecule has 3 N–H and O–H groups in total. The van der Waals surface area contributed by atoms with Gasteiger partial charge in [-0.3, -0.25) is 4.79 Å². The zero-order valence-electron chi connectivity index (χ0n) is 11.5. The minimum Gasteiger partial charge on any atom is -0.477 e. The average molecular weight is 315 g/mol. The van der Waals surface area contributed by atoms with Crippen molar-refractivity contribution in [3.63, 3.8) is 0 Å². The maximum absolute atomic E-state index is 11.4. The number of likely N-dealkylation sites (tertiary alicyclic amines) is 1. The summed E-state index contributed by atoms with van der Waals surface area (Å²) >= 11 is 0. The van der Waals surface area contributed by atoms with Crippen LogP contribution in [0.4, 0.5) is 0 Å². The van der Waals surface area contributed by atoms with Crippen LogP contribution in [0.2, 0.25) is 0 Å². The topological polar surface area (TPSA) is 123 Å². The van der Waals surface area contributed by atoms with Gasteiger partial charge in [-0.1, -0.05) is 0 Å². The quantitative estimate of drug-likeness (QED) is 0.810. The smallest absolute Gasteiger partial charge is 0.353 e. The highest BCUT2D eigenvalue weighted by Gasteiger charge is 2.30. The third-order valence-corrected chi connectivity index (χ3v) is 4.52. The number of piperidine rings is 1. The lowest BCUT2D eigenvalue weighted by Crippen LogP contribution is -2.38. The van der Waals surface area contributed by atoms with E-state index < -0.39 is 16.2 Å². The van der Waals surface area contributed by atoms with Gasteiger partial charge in [-0.25, -0.2) is 13.9 Å². The first-order chi connectivity index (χ1) is 9.71. The Morgan fingerprint density at radius 1 is 1.43 bits per heavy atom. The second-order valence-corrected chi connectivity index (χ2v) is 6.49. The highest BCUT2D eigenvalue weighted by atomic mass is 32.2. The van der Waals surface area contributed by atoms with E-state index in [4.69, 9.17) is 5.14 Å². The van der Waals surface area contributed by atoms with Gasteiger partial charge in [0.25, 0.3) is 0 Å². The summed E-state index contributed by atoms with van der Waals surface area (Å²) in [6.45, 7) is 2.46. The highest BCUT2D eigenvalue weighted by molar-refractivity contribution is 7.87. The second-order valence-electron chi connectivity index (χ2n) is 5.07. The lowest BCUT2D eigenvalue weighted by atomic mass is 9.90. The van der Waals surface area contributed by atoms with E-state index in [2.05, 4.69) is 0 Å². The summed E-state index contributed by atoms with van der Waals surface area (Å²) in [5.41, 5.74) is 0.0374. The summed E-state index contributed by atoms with van der Waals surface area (Å²) in [6.07, 6.45) is 2.57. The van der Waals surface area contributed by atoms with Gasteiger partial charge in [0.15, 0.2) is 0 Å². The van der Waals surface area contributed by atoms with Gasteiger partial charge in [-0.15, -0.1) is 0 Å². The first-order valence-electron chi connectivity index (χ1n) is 6.45. The molecule has 1 aliphatic heterocycles. The average Bonchev–Trinajstić information content (AvgIpc) is 2.83. The highest BCUT2D eigenvalue weighted by Crippen LogP contribution is 2.30. The van der Waals surface area contributed by atoms with E-state index >= 15 is 0 Å². The van der Waals surface area contributed by atoms with Crippen LogP contribution in [-0.4, -0.2) is 47.4 Å². The van der Waals surface area contributed by atoms with Crippen molar-refractivity contribution in [2.24, 2.45) is 5.14 Å². The molecule has 8 nitrogen and oxygen atoms in total. The molecule has 0 bridgehead atoms. The Kier molecular flexibility index (Phi) is 4.06. The Balaban J connectivity index is 2.43. The van der Waals surface area contributed by atoms with Crippen LogP contribution in [0, 0.1) is 0 Å². The number of rotatable bonds is 3. The fraction of sp³-hybridized carbons (Fsp3) is 0.500. The van der Waals surface area contributed by atoms with E-state index in [0.717, 1.165) is 12.6 Å².